The van der Waals surface area contributed by atoms with Crippen LogP contribution in [0.1, 0.15) is 19.5 Å². The number of hydrogen-bond acceptors (Lipinski definition) is 5. The molecule has 2 aromatic heterocycles. The van der Waals surface area contributed by atoms with E-state index in [0.29, 0.717) is 17.6 Å². The maximum Gasteiger partial charge on any atom is 0.249 e. The molecule has 0 spiro atoms. The van der Waals surface area contributed by atoms with Crippen LogP contribution in [0.4, 0.5) is 5.82 Å². The Morgan fingerprint density at radius 3 is 2.81 bits per heavy atom. The largest absolute Gasteiger partial charge is 0.494 e. The molecule has 134 valence electrons. The van der Waals surface area contributed by atoms with Crippen molar-refractivity contribution < 1.29 is 9.53 Å². The quantitative estimate of drug-likeness (QED) is 0.662. The Bertz CT molecular complexity index is 925. The first-order valence-electron chi connectivity index (χ1n) is 8.30. The minimum absolute atomic E-state index is 0.197. The van der Waals surface area contributed by atoms with E-state index in [1.807, 2.05) is 49.6 Å². The lowest BCUT2D eigenvalue weighted by atomic mass is 10.2. The van der Waals surface area contributed by atoms with E-state index < -0.39 is 0 Å². The number of rotatable bonds is 6. The molecule has 0 aliphatic carbocycles. The van der Waals surface area contributed by atoms with Gasteiger partial charge < -0.3 is 10.1 Å². The molecular weight excluding hydrogens is 348 g/mol. The van der Waals surface area contributed by atoms with Crippen molar-refractivity contribution in [2.24, 2.45) is 0 Å². The topological polar surface area (TPSA) is 69.0 Å². The summed E-state index contributed by atoms with van der Waals surface area (Å²) in [5.74, 6) is 1.23. The second-order valence-electron chi connectivity index (χ2n) is 5.54. The summed E-state index contributed by atoms with van der Waals surface area (Å²) in [7, 11) is 0. The first-order valence-corrected chi connectivity index (χ1v) is 9.18. The van der Waals surface area contributed by atoms with Crippen LogP contribution in [-0.2, 0) is 4.79 Å². The highest BCUT2D eigenvalue weighted by molar-refractivity contribution is 7.12. The first kappa shape index (κ1) is 17.9. The molecule has 3 rings (SSSR count). The lowest BCUT2D eigenvalue weighted by Crippen LogP contribution is -2.12. The van der Waals surface area contributed by atoms with Gasteiger partial charge in [0.05, 0.1) is 18.0 Å². The molecule has 1 N–H and O–H groups in total. The number of ether oxygens (including phenoxy) is 1. The Labute approximate surface area is 156 Å². The van der Waals surface area contributed by atoms with Crippen LogP contribution in [0.5, 0.6) is 5.75 Å². The van der Waals surface area contributed by atoms with Gasteiger partial charge in [0.15, 0.2) is 0 Å². The third-order valence-corrected chi connectivity index (χ3v) is 4.35. The van der Waals surface area contributed by atoms with Crippen LogP contribution >= 0.6 is 11.3 Å². The predicted molar refractivity (Wildman–Crippen MR) is 104 cm³/mol. The Balaban J connectivity index is 1.87. The van der Waals surface area contributed by atoms with Gasteiger partial charge in [-0.15, -0.1) is 11.3 Å². The van der Waals surface area contributed by atoms with Crippen LogP contribution in [0.25, 0.3) is 16.4 Å². The third-order valence-electron chi connectivity index (χ3n) is 3.54. The summed E-state index contributed by atoms with van der Waals surface area (Å²) < 4.78 is 7.12. The number of anilines is 1. The smallest absolute Gasteiger partial charge is 0.249 e. The van der Waals surface area contributed by atoms with E-state index in [1.165, 1.54) is 17.4 Å². The highest BCUT2D eigenvalue weighted by atomic mass is 32.1. The molecule has 1 aromatic carbocycles. The number of thiazole rings is 1. The van der Waals surface area contributed by atoms with Crippen LogP contribution in [0, 0.1) is 6.92 Å². The molecule has 0 saturated carbocycles. The zero-order valence-electron chi connectivity index (χ0n) is 14.9. The van der Waals surface area contributed by atoms with Gasteiger partial charge in [0.25, 0.3) is 0 Å². The lowest BCUT2D eigenvalue weighted by Gasteiger charge is -2.04. The minimum atomic E-state index is -0.197. The summed E-state index contributed by atoms with van der Waals surface area (Å²) in [4.78, 5) is 16.5. The van der Waals surface area contributed by atoms with Gasteiger partial charge in [0.2, 0.25) is 11.0 Å². The Hall–Kier alpha value is -2.93. The maximum atomic E-state index is 11.8. The van der Waals surface area contributed by atoms with Crippen molar-refractivity contribution in [3.63, 3.8) is 0 Å². The average Bonchev–Trinajstić information content (AvgIpc) is 3.23. The highest BCUT2D eigenvalue weighted by Crippen LogP contribution is 2.27. The molecule has 0 unspecified atom stereocenters. The van der Waals surface area contributed by atoms with Crippen molar-refractivity contribution in [3.05, 3.63) is 53.6 Å². The third kappa shape index (κ3) is 4.00. The van der Waals surface area contributed by atoms with Gasteiger partial charge in [-0.2, -0.15) is 9.78 Å². The fraction of sp³-hybridized carbons (Fsp3) is 0.211. The molecule has 0 aliphatic heterocycles. The molecule has 0 fully saturated rings. The summed E-state index contributed by atoms with van der Waals surface area (Å²) in [6, 6.07) is 9.64. The van der Waals surface area contributed by atoms with E-state index >= 15 is 0 Å². The summed E-state index contributed by atoms with van der Waals surface area (Å²) in [6.45, 7) is 6.27. The number of allylic oxidation sites excluding steroid dienone is 1. The fourth-order valence-electron chi connectivity index (χ4n) is 2.44. The molecular formula is C19H20N4O2S. The number of nitrogens with zero attached hydrogens (tertiary/aromatic N) is 3. The molecule has 2 heterocycles. The van der Waals surface area contributed by atoms with Crippen LogP contribution < -0.4 is 10.1 Å². The molecule has 6 nitrogen and oxygen atoms in total. The molecule has 26 heavy (non-hydrogen) atoms. The summed E-state index contributed by atoms with van der Waals surface area (Å²) >= 11 is 1.47. The molecule has 7 heteroatoms. The Morgan fingerprint density at radius 2 is 2.12 bits per heavy atom. The van der Waals surface area contributed by atoms with Crippen molar-refractivity contribution >= 4 is 23.1 Å². The SMILES string of the molecule is C/C=C/C(=O)Nc1cc(C)nn1-c1nc(-c2ccc(OCC)cc2)cs1. The van der Waals surface area contributed by atoms with Crippen molar-refractivity contribution in [1.29, 1.82) is 0 Å². The van der Waals surface area contributed by atoms with Crippen molar-refractivity contribution in [3.8, 4) is 22.1 Å². The van der Waals surface area contributed by atoms with Crippen LogP contribution in [-0.4, -0.2) is 27.3 Å². The predicted octanol–water partition coefficient (Wildman–Crippen LogP) is 4.22. The fourth-order valence-corrected chi connectivity index (χ4v) is 3.23. The Morgan fingerprint density at radius 1 is 1.35 bits per heavy atom. The van der Waals surface area contributed by atoms with Gasteiger partial charge in [0, 0.05) is 17.0 Å². The molecule has 0 aliphatic rings. The monoisotopic (exact) mass is 368 g/mol. The highest BCUT2D eigenvalue weighted by Gasteiger charge is 2.13. The van der Waals surface area contributed by atoms with E-state index in [-0.39, 0.29) is 5.91 Å². The maximum absolute atomic E-state index is 11.8. The molecule has 0 atom stereocenters. The van der Waals surface area contributed by atoms with Crippen LogP contribution in [0.15, 0.2) is 47.9 Å². The first-order chi connectivity index (χ1) is 12.6. The van der Waals surface area contributed by atoms with Gasteiger partial charge in [-0.25, -0.2) is 4.98 Å². The zero-order valence-corrected chi connectivity index (χ0v) is 15.7. The summed E-state index contributed by atoms with van der Waals surface area (Å²) in [6.07, 6.45) is 3.16. The zero-order chi connectivity index (χ0) is 18.5. The van der Waals surface area contributed by atoms with Gasteiger partial charge in [-0.05, 0) is 51.1 Å². The molecule has 1 amide bonds. The summed E-state index contributed by atoms with van der Waals surface area (Å²) in [5.41, 5.74) is 2.66. The standard InChI is InChI=1S/C19H20N4O2S/c1-4-6-18(24)21-17-11-13(3)22-23(17)19-20-16(12-26-19)14-7-9-15(10-8-14)25-5-2/h4,6-12H,5H2,1-3H3,(H,21,24)/b6-4+. The number of carbonyl (C=O) groups is 1. The molecule has 3 aromatic rings. The summed E-state index contributed by atoms with van der Waals surface area (Å²) in [5, 5.41) is 9.94. The molecule has 0 saturated heterocycles. The number of benzene rings is 1. The average molecular weight is 368 g/mol. The van der Waals surface area contributed by atoms with Gasteiger partial charge in [-0.1, -0.05) is 6.08 Å². The number of amides is 1. The number of hydrogen-bond donors (Lipinski definition) is 1. The normalized spacial score (nSPS) is 11.0. The lowest BCUT2D eigenvalue weighted by molar-refractivity contribution is -0.111. The number of aromatic nitrogens is 3. The number of aryl methyl sites for hydroxylation is 1. The van der Waals surface area contributed by atoms with Gasteiger partial charge in [0.1, 0.15) is 11.6 Å². The van der Waals surface area contributed by atoms with Crippen LogP contribution in [0.3, 0.4) is 0 Å². The van der Waals surface area contributed by atoms with Gasteiger partial charge >= 0.3 is 0 Å². The van der Waals surface area contributed by atoms with E-state index in [0.717, 1.165) is 22.7 Å². The van der Waals surface area contributed by atoms with Crippen molar-refractivity contribution in [1.82, 2.24) is 14.8 Å². The van der Waals surface area contributed by atoms with E-state index in [1.54, 1.807) is 17.7 Å². The van der Waals surface area contributed by atoms with E-state index in [9.17, 15) is 4.79 Å². The van der Waals surface area contributed by atoms with Crippen molar-refractivity contribution in [2.45, 2.75) is 20.8 Å². The molecule has 0 bridgehead atoms. The van der Waals surface area contributed by atoms with Gasteiger partial charge in [-0.3, -0.25) is 4.79 Å². The Kier molecular flexibility index (Phi) is 5.48. The second-order valence-corrected chi connectivity index (χ2v) is 6.38. The van der Waals surface area contributed by atoms with E-state index in [2.05, 4.69) is 15.4 Å². The van der Waals surface area contributed by atoms with Crippen LogP contribution in [0.2, 0.25) is 0 Å². The van der Waals surface area contributed by atoms with Crippen molar-refractivity contribution in [2.75, 3.05) is 11.9 Å². The number of nitrogens with one attached hydrogen (secondary N) is 1. The van der Waals surface area contributed by atoms with E-state index in [4.69, 9.17) is 4.74 Å². The molecule has 0 radical (unpaired) electrons. The number of carbonyl (C=O) groups excluding carboxylic acids is 1. The minimum Gasteiger partial charge on any atom is -0.494 e. The second kappa shape index (κ2) is 7.97.